The van der Waals surface area contributed by atoms with Crippen LogP contribution in [0.1, 0.15) is 44.2 Å². The van der Waals surface area contributed by atoms with Crippen molar-refractivity contribution >= 4 is 50.8 Å². The first kappa shape index (κ1) is 12.5. The van der Waals surface area contributed by atoms with Crippen molar-refractivity contribution in [1.29, 1.82) is 0 Å². The summed E-state index contributed by atoms with van der Waals surface area (Å²) < 4.78 is 2.19. The number of halogens is 2. The van der Waals surface area contributed by atoms with E-state index in [-0.39, 0.29) is 5.41 Å². The van der Waals surface area contributed by atoms with Crippen molar-refractivity contribution in [3.8, 4) is 0 Å². The molecule has 0 aromatic heterocycles. The first-order valence-corrected chi connectivity index (χ1v) is 8.49. The van der Waals surface area contributed by atoms with Crippen molar-refractivity contribution < 1.29 is 0 Å². The predicted octanol–water partition coefficient (Wildman–Crippen LogP) is 5.32. The van der Waals surface area contributed by atoms with Gasteiger partial charge in [0.1, 0.15) is 0 Å². The van der Waals surface area contributed by atoms with Crippen LogP contribution in [0.25, 0.3) is 5.57 Å². The lowest BCUT2D eigenvalue weighted by atomic mass is 9.77. The van der Waals surface area contributed by atoms with Crippen molar-refractivity contribution in [3.05, 3.63) is 38.5 Å². The fourth-order valence-corrected chi connectivity index (χ4v) is 4.53. The number of rotatable bonds is 0. The molecule has 0 aliphatic heterocycles. The lowest BCUT2D eigenvalue weighted by molar-refractivity contribution is 0.586. The first-order valence-electron chi connectivity index (χ1n) is 6.17. The molecule has 0 fully saturated rings. The van der Waals surface area contributed by atoms with Crippen molar-refractivity contribution in [2.24, 2.45) is 0 Å². The van der Waals surface area contributed by atoms with Gasteiger partial charge < -0.3 is 0 Å². The zero-order chi connectivity index (χ0) is 12.2. The summed E-state index contributed by atoms with van der Waals surface area (Å²) in [5.74, 6) is 0. The van der Waals surface area contributed by atoms with Crippen molar-refractivity contribution in [3.63, 3.8) is 0 Å². The van der Waals surface area contributed by atoms with Gasteiger partial charge in [-0.3, -0.25) is 0 Å². The number of hydrogen-bond donors (Lipinski definition) is 0. The molecule has 1 atom stereocenters. The Bertz CT molecular complexity index is 512. The second kappa shape index (κ2) is 4.22. The maximum absolute atomic E-state index is 2.62. The van der Waals surface area contributed by atoms with Gasteiger partial charge in [0.2, 0.25) is 0 Å². The zero-order valence-electron chi connectivity index (χ0n) is 10.2. The lowest BCUT2D eigenvalue weighted by Crippen LogP contribution is -2.21. The third kappa shape index (κ3) is 1.90. The van der Waals surface area contributed by atoms with Gasteiger partial charge in [-0.1, -0.05) is 48.1 Å². The van der Waals surface area contributed by atoms with E-state index in [1.807, 2.05) is 0 Å². The highest BCUT2D eigenvalue weighted by atomic mass is 127. The second-order valence-corrected chi connectivity index (χ2v) is 8.62. The number of hydrogen-bond acceptors (Lipinski definition) is 0. The Morgan fingerprint density at radius 3 is 2.82 bits per heavy atom. The van der Waals surface area contributed by atoms with Crippen LogP contribution in [0.5, 0.6) is 0 Å². The monoisotopic (exact) mass is 450 g/mol. The van der Waals surface area contributed by atoms with Crippen LogP contribution >= 0.6 is 45.2 Å². The molecule has 0 N–H and O–H groups in total. The smallest absolute Gasteiger partial charge is 0.0150 e. The summed E-state index contributed by atoms with van der Waals surface area (Å²) in [6, 6.07) is 6.98. The largest absolute Gasteiger partial charge is 0.0823 e. The van der Waals surface area contributed by atoms with Crippen LogP contribution in [0.2, 0.25) is 0 Å². The Morgan fingerprint density at radius 2 is 2.06 bits per heavy atom. The molecule has 90 valence electrons. The summed E-state index contributed by atoms with van der Waals surface area (Å²) in [7, 11) is 0. The molecule has 2 heteroatoms. The van der Waals surface area contributed by atoms with E-state index in [0.29, 0.717) is 0 Å². The molecule has 0 nitrogen and oxygen atoms in total. The van der Waals surface area contributed by atoms with Gasteiger partial charge in [0, 0.05) is 12.9 Å². The average Bonchev–Trinajstić information content (AvgIpc) is 2.49. The summed E-state index contributed by atoms with van der Waals surface area (Å²) in [6.07, 6.45) is 3.91. The summed E-state index contributed by atoms with van der Waals surface area (Å²) in [4.78, 5) is 0. The molecule has 17 heavy (non-hydrogen) atoms. The van der Waals surface area contributed by atoms with Gasteiger partial charge in [-0.05, 0) is 70.7 Å². The molecule has 0 saturated heterocycles. The van der Waals surface area contributed by atoms with Crippen LogP contribution in [0, 0.1) is 3.57 Å². The van der Waals surface area contributed by atoms with E-state index < -0.39 is 0 Å². The molecule has 0 heterocycles. The number of alkyl halides is 1. The van der Waals surface area contributed by atoms with Crippen LogP contribution in [0.15, 0.2) is 23.8 Å². The van der Waals surface area contributed by atoms with Crippen LogP contribution < -0.4 is 0 Å². The molecule has 2 aliphatic rings. The Balaban J connectivity index is 2.19. The molecule has 3 rings (SSSR count). The van der Waals surface area contributed by atoms with Crippen molar-refractivity contribution in [2.75, 3.05) is 0 Å². The third-order valence-corrected chi connectivity index (χ3v) is 5.97. The van der Waals surface area contributed by atoms with Crippen LogP contribution in [-0.4, -0.2) is 3.92 Å². The molecular formula is C15H16I2. The molecule has 1 aromatic carbocycles. The van der Waals surface area contributed by atoms with Gasteiger partial charge in [0.05, 0.1) is 0 Å². The van der Waals surface area contributed by atoms with E-state index >= 15 is 0 Å². The van der Waals surface area contributed by atoms with Crippen LogP contribution in [0.3, 0.4) is 0 Å². The maximum atomic E-state index is 2.62. The fraction of sp³-hybridized carbons (Fsp3) is 0.467. The van der Waals surface area contributed by atoms with E-state index in [9.17, 15) is 0 Å². The standard InChI is InChI=1S/C15H16I2/c1-15(2)13-7-9(16)3-5-11(13)12-6-4-10(17)8-14(12)15/h3,5,7,10H,4,6,8H2,1-2H3. The molecular weight excluding hydrogens is 434 g/mol. The molecule has 0 saturated carbocycles. The highest BCUT2D eigenvalue weighted by Gasteiger charge is 2.39. The molecule has 0 radical (unpaired) electrons. The molecule has 0 bridgehead atoms. The second-order valence-electron chi connectivity index (χ2n) is 5.61. The van der Waals surface area contributed by atoms with Crippen LogP contribution in [-0.2, 0) is 5.41 Å². The minimum atomic E-state index is 0.260. The van der Waals surface area contributed by atoms with Crippen molar-refractivity contribution in [1.82, 2.24) is 0 Å². The maximum Gasteiger partial charge on any atom is 0.0150 e. The molecule has 1 aromatic rings. The van der Waals surface area contributed by atoms with Gasteiger partial charge >= 0.3 is 0 Å². The molecule has 1 unspecified atom stereocenters. The highest BCUT2D eigenvalue weighted by Crippen LogP contribution is 2.52. The fourth-order valence-electron chi connectivity index (χ4n) is 3.29. The Labute approximate surface area is 131 Å². The number of fused-ring (bicyclic) bond motifs is 2. The summed E-state index contributed by atoms with van der Waals surface area (Å²) in [5.41, 5.74) is 6.72. The summed E-state index contributed by atoms with van der Waals surface area (Å²) in [6.45, 7) is 4.80. The van der Waals surface area contributed by atoms with E-state index in [2.05, 4.69) is 77.2 Å². The molecule has 0 spiro atoms. The molecule has 0 amide bonds. The topological polar surface area (TPSA) is 0 Å². The van der Waals surface area contributed by atoms with Gasteiger partial charge in [-0.2, -0.15) is 0 Å². The minimum absolute atomic E-state index is 0.260. The Morgan fingerprint density at radius 1 is 1.29 bits per heavy atom. The van der Waals surface area contributed by atoms with Gasteiger partial charge in [0.15, 0.2) is 0 Å². The normalized spacial score (nSPS) is 25.8. The van der Waals surface area contributed by atoms with Gasteiger partial charge in [0.25, 0.3) is 0 Å². The SMILES string of the molecule is CC1(C)C2=C(CCC(I)C2)c2ccc(I)cc21. The Kier molecular flexibility index (Phi) is 3.09. The average molecular weight is 450 g/mol. The lowest BCUT2D eigenvalue weighted by Gasteiger charge is -2.29. The quantitative estimate of drug-likeness (QED) is 0.371. The molecule has 2 aliphatic carbocycles. The van der Waals surface area contributed by atoms with E-state index in [1.54, 1.807) is 16.7 Å². The van der Waals surface area contributed by atoms with Gasteiger partial charge in [-0.15, -0.1) is 0 Å². The predicted molar refractivity (Wildman–Crippen MR) is 90.8 cm³/mol. The number of allylic oxidation sites excluding steroid dienone is 2. The third-order valence-electron chi connectivity index (χ3n) is 4.23. The Hall–Kier alpha value is 0.420. The van der Waals surface area contributed by atoms with Gasteiger partial charge in [-0.25, -0.2) is 0 Å². The zero-order valence-corrected chi connectivity index (χ0v) is 14.5. The first-order chi connectivity index (χ1) is 8.00. The summed E-state index contributed by atoms with van der Waals surface area (Å²) in [5, 5.41) is 0. The van der Waals surface area contributed by atoms with Crippen molar-refractivity contribution in [2.45, 2.75) is 42.4 Å². The van der Waals surface area contributed by atoms with E-state index in [4.69, 9.17) is 0 Å². The summed E-state index contributed by atoms with van der Waals surface area (Å²) >= 11 is 5.05. The number of benzene rings is 1. The highest BCUT2D eigenvalue weighted by molar-refractivity contribution is 14.1. The van der Waals surface area contributed by atoms with Crippen LogP contribution in [0.4, 0.5) is 0 Å². The van der Waals surface area contributed by atoms with E-state index in [0.717, 1.165) is 3.92 Å². The van der Waals surface area contributed by atoms with E-state index in [1.165, 1.54) is 28.4 Å². The minimum Gasteiger partial charge on any atom is -0.0823 e.